The third kappa shape index (κ3) is 418. The molecule has 0 N–H and O–H groups in total. The molecule has 0 spiro atoms. The van der Waals surface area contributed by atoms with Crippen LogP contribution < -0.4 is 36.9 Å². The summed E-state index contributed by atoms with van der Waals surface area (Å²) < 4.78 is 129. The molecule has 0 aromatic heterocycles. The van der Waals surface area contributed by atoms with Gasteiger partial charge in [0.15, 0.2) is 0 Å². The predicted molar refractivity (Wildman–Crippen MR) is 216 cm³/mol. The van der Waals surface area contributed by atoms with Gasteiger partial charge in [-0.2, -0.15) is 0 Å². The van der Waals surface area contributed by atoms with Crippen molar-refractivity contribution < 1.29 is 147 Å². The van der Waals surface area contributed by atoms with Crippen molar-refractivity contribution in [2.24, 2.45) is 0 Å². The van der Waals surface area contributed by atoms with Gasteiger partial charge >= 0.3 is 1960 Å². The van der Waals surface area contributed by atoms with Gasteiger partial charge in [0, 0.05) is 0 Å². The summed E-state index contributed by atoms with van der Waals surface area (Å²) in [6, 6.07) is 0. The van der Waals surface area contributed by atoms with E-state index in [0.717, 1.165) is 0 Å². The minimum absolute atomic E-state index is 0. The van der Waals surface area contributed by atoms with Crippen LogP contribution >= 0.6 is 0 Å². The summed E-state index contributed by atoms with van der Waals surface area (Å²) in [6.45, 7) is 0. The van der Waals surface area contributed by atoms with Gasteiger partial charge in [-0.3, -0.25) is 0 Å². The first-order chi connectivity index (χ1) is 8.66. The van der Waals surface area contributed by atoms with E-state index in [2.05, 4.69) is 0 Å². The van der Waals surface area contributed by atoms with E-state index in [-0.39, 0.29) is 1810 Å². The van der Waals surface area contributed by atoms with Gasteiger partial charge in [-0.1, -0.05) is 0 Å². The Hall–Kier alpha value is 60.3. The van der Waals surface area contributed by atoms with Gasteiger partial charge in [0.25, 0.3) is 0 Å². The second-order valence-corrected chi connectivity index (χ2v) is 5.15. The molecule has 0 aliphatic heterocycles. The Labute approximate surface area is 1870 Å². The fourth-order valence-electron chi connectivity index (χ4n) is 0. The second kappa shape index (κ2) is 273. The molecule has 0 unspecified atom stereocenters. The average molecular weight is 5560 g/mol. The fourth-order valence-corrected chi connectivity index (χ4v) is 0. The predicted octanol–water partition coefficient (Wildman–Crippen LogP) is -26.6. The molecule has 57 heavy (non-hydrogen) atoms. The molecule has 0 aromatic rings. The Morgan fingerprint density at radius 1 is 0.123 bits per heavy atom. The van der Waals surface area contributed by atoms with Gasteiger partial charge in [0.1, 0.15) is 0 Å². The average Bonchev–Trinajstić information content (AvgIpc) is 1.94. The van der Waals surface area contributed by atoms with Crippen molar-refractivity contribution in [3.63, 3.8) is 0 Å². The Bertz CT molecular complexity index is 254. The van der Waals surface area contributed by atoms with Crippen LogP contribution in [0.15, 0.2) is 0 Å². The molecule has 120 valence electrons. The quantitative estimate of drug-likeness (QED) is 0.204. The van der Waals surface area contributed by atoms with E-state index in [1.54, 1.807) is 0 Å². The Balaban J connectivity index is -0.00000000106. The van der Waals surface area contributed by atoms with Crippen molar-refractivity contribution in [1.29, 1.82) is 0 Å². The Kier molecular flexibility index (Phi) is 1340. The first-order valence-electron chi connectivity index (χ1n) is 3.06. The standard InChI is InChI=1S/37Ba.15O.5Ti/q37*+2;;;;;;10*-1;;;;;. The van der Waals surface area contributed by atoms with Crippen LogP contribution in [0.5, 0.6) is 0 Å². The van der Waals surface area contributed by atoms with Crippen LogP contribution in [0.3, 0.4) is 0 Å². The second-order valence-electron chi connectivity index (χ2n) is 1.25. The maximum atomic E-state index is 8.58. The molecular weight excluding hydrogens is 5560 g/mol. The summed E-state index contributed by atoms with van der Waals surface area (Å²) in [5, 5.41) is 0. The molecule has 0 atom stereocenters. The molecule has 0 saturated carbocycles. The van der Waals surface area contributed by atoms with Crippen LogP contribution in [0.4, 0.5) is 0 Å². The first kappa shape index (κ1) is 280. The van der Waals surface area contributed by atoms with E-state index in [4.69, 9.17) is 53.5 Å². The zero-order chi connectivity index (χ0) is 17.9. The molecule has 0 rings (SSSR count). The fraction of sp³-hybridized carbons (Fsp3) is 0. The molecule has 0 aliphatic carbocycles. The molecule has 0 heterocycles. The summed E-state index contributed by atoms with van der Waals surface area (Å²) in [5.41, 5.74) is 0. The number of rotatable bonds is 0. The van der Waals surface area contributed by atoms with Gasteiger partial charge in [-0.05, 0) is 0 Å². The van der Waals surface area contributed by atoms with Crippen molar-refractivity contribution >= 4 is 1810 Å². The van der Waals surface area contributed by atoms with Crippen LogP contribution in [0.25, 0.3) is 0 Å². The van der Waals surface area contributed by atoms with E-state index in [1.807, 2.05) is 0 Å². The van der Waals surface area contributed by atoms with Crippen molar-refractivity contribution in [2.75, 3.05) is 0 Å². The molecule has 0 saturated heterocycles. The van der Waals surface area contributed by atoms with Crippen LogP contribution in [-0.2, 0) is 110 Å². The molecular formula is Ba37O15Ti5+64. The molecule has 0 radical (unpaired) electrons. The van der Waals surface area contributed by atoms with E-state index >= 15 is 0 Å². The van der Waals surface area contributed by atoms with Crippen molar-refractivity contribution in [2.45, 2.75) is 0 Å². The summed E-state index contributed by atoms with van der Waals surface area (Å²) in [5.74, 6) is 0. The normalized spacial score (nSPS) is 2.28. The van der Waals surface area contributed by atoms with Crippen LogP contribution in [0.2, 0.25) is 0 Å². The Morgan fingerprint density at radius 3 is 0.123 bits per heavy atom. The summed E-state index contributed by atoms with van der Waals surface area (Å²) in [7, 11) is 0. The molecule has 0 aromatic carbocycles. The Morgan fingerprint density at radius 2 is 0.123 bits per heavy atom. The van der Waals surface area contributed by atoms with Crippen LogP contribution in [-0.4, -0.2) is 1810 Å². The summed E-state index contributed by atoms with van der Waals surface area (Å²) >= 11 is -20.4. The third-order valence-corrected chi connectivity index (χ3v) is 0. The van der Waals surface area contributed by atoms with E-state index in [0.29, 0.717) is 0 Å². The van der Waals surface area contributed by atoms with Gasteiger partial charge in [0.05, 0.1) is 0 Å². The third-order valence-electron chi connectivity index (χ3n) is 0. The minimum atomic E-state index is -4.08. The topological polar surface area (TPSA) is 316 Å². The van der Waals surface area contributed by atoms with Gasteiger partial charge in [-0.15, -0.1) is 0 Å². The SMILES string of the molecule is [Ba+2].[Ba+2].[Ba+2].[Ba+2].[Ba+2].[Ba+2].[Ba+2].[Ba+2].[Ba+2].[Ba+2].[Ba+2].[Ba+2].[Ba+2].[Ba+2].[Ba+2].[Ba+2].[Ba+2].[Ba+2].[Ba+2].[Ba+2].[Ba+2].[Ba+2].[Ba+2].[Ba+2].[Ba+2].[Ba+2].[Ba+2].[Ba+2].[Ba+2].[Ba+2].[Ba+2].[Ba+2].[Ba+2].[Ba+2].[Ba+2].[Ba+2].[Ba+2].[O]=[Ti]([O-])[O-].[O]=[Ti]([O-])[O-].[O]=[Ti]([O-])[O-].[O]=[Ti]([O-])[O-].[O]=[Ti]([O-])[O-]. The van der Waals surface area contributed by atoms with E-state index in [9.17, 15) is 0 Å². The molecule has 0 bridgehead atoms. The van der Waals surface area contributed by atoms with Gasteiger partial charge in [0.2, 0.25) is 0 Å². The monoisotopic (exact) mass is 5580 g/mol. The zero-order valence-corrected chi connectivity index (χ0v) is 207. The van der Waals surface area contributed by atoms with Crippen molar-refractivity contribution in [3.8, 4) is 0 Å². The number of hydrogen-bond donors (Lipinski definition) is 0. The molecule has 57 heteroatoms. The molecule has 0 amide bonds. The maximum absolute atomic E-state index is 8.58. The summed E-state index contributed by atoms with van der Waals surface area (Å²) in [4.78, 5) is 0. The van der Waals surface area contributed by atoms with Gasteiger partial charge < -0.3 is 0 Å². The van der Waals surface area contributed by atoms with E-state index in [1.165, 1.54) is 0 Å². The number of hydrogen-bond acceptors (Lipinski definition) is 15. The van der Waals surface area contributed by atoms with Crippen molar-refractivity contribution in [3.05, 3.63) is 0 Å². The van der Waals surface area contributed by atoms with E-state index < -0.39 is 93.1 Å². The molecule has 15 nitrogen and oxygen atoms in total. The van der Waals surface area contributed by atoms with Crippen molar-refractivity contribution in [1.82, 2.24) is 0 Å². The van der Waals surface area contributed by atoms with Crippen LogP contribution in [0.1, 0.15) is 0 Å². The van der Waals surface area contributed by atoms with Crippen LogP contribution in [0, 0.1) is 0 Å². The molecule has 0 aliphatic rings. The zero-order valence-electron chi connectivity index (χ0n) is 34.8. The van der Waals surface area contributed by atoms with Gasteiger partial charge in [-0.25, -0.2) is 0 Å². The molecule has 0 fully saturated rings. The first-order valence-corrected chi connectivity index (χ1v) is 12.6. The summed E-state index contributed by atoms with van der Waals surface area (Å²) in [6.07, 6.45) is 0.